The van der Waals surface area contributed by atoms with E-state index in [0.29, 0.717) is 0 Å². The van der Waals surface area contributed by atoms with E-state index in [1.54, 1.807) is 12.5 Å². The first-order valence-electron chi connectivity index (χ1n) is 4.73. The molecule has 3 rings (SSSR count). The van der Waals surface area contributed by atoms with Crippen LogP contribution >= 0.6 is 0 Å². The molecule has 0 aliphatic rings. The van der Waals surface area contributed by atoms with Gasteiger partial charge in [0, 0.05) is 29.4 Å². The second kappa shape index (κ2) is 3.24. The molecule has 0 saturated carbocycles. The first kappa shape index (κ1) is 8.24. The summed E-state index contributed by atoms with van der Waals surface area (Å²) in [5.74, 6) is 0. The highest BCUT2D eigenvalue weighted by Crippen LogP contribution is 2.23. The lowest BCUT2D eigenvalue weighted by atomic mass is 10.1. The van der Waals surface area contributed by atoms with E-state index in [1.165, 1.54) is 0 Å². The second-order valence-electron chi connectivity index (χ2n) is 3.31. The van der Waals surface area contributed by atoms with Crippen molar-refractivity contribution in [1.82, 2.24) is 4.98 Å². The van der Waals surface area contributed by atoms with Crippen molar-refractivity contribution in [3.63, 3.8) is 0 Å². The molecule has 0 aliphatic heterocycles. The highest BCUT2D eigenvalue weighted by Gasteiger charge is 2.01. The van der Waals surface area contributed by atoms with Crippen LogP contribution in [0.25, 0.3) is 22.1 Å². The van der Waals surface area contributed by atoms with Gasteiger partial charge in [0.05, 0.1) is 6.26 Å². The first-order valence-corrected chi connectivity index (χ1v) is 4.73. The lowest BCUT2D eigenvalue weighted by Gasteiger charge is -1.99. The maximum absolute atomic E-state index is 5.26. The molecule has 0 unspecified atom stereocenters. The van der Waals surface area contributed by atoms with Crippen LogP contribution in [-0.2, 0) is 0 Å². The van der Waals surface area contributed by atoms with Gasteiger partial charge >= 0.3 is 0 Å². The Morgan fingerprint density at radius 2 is 2.13 bits per heavy atom. The number of pyridine rings is 1. The number of hydrogen-bond acceptors (Lipinski definition) is 2. The monoisotopic (exact) mass is 194 g/mol. The average molecular weight is 194 g/mol. The Hall–Kier alpha value is -2.09. The molecule has 0 atom stereocenters. The smallest absolute Gasteiger partial charge is 0.134 e. The molecule has 0 N–H and O–H groups in total. The van der Waals surface area contributed by atoms with Gasteiger partial charge in [0.1, 0.15) is 5.58 Å². The minimum atomic E-state index is 0.864. The fourth-order valence-corrected chi connectivity index (χ4v) is 1.59. The van der Waals surface area contributed by atoms with Crippen molar-refractivity contribution in [2.24, 2.45) is 0 Å². The highest BCUT2D eigenvalue weighted by atomic mass is 16.3. The Labute approximate surface area is 87.2 Å². The summed E-state index contributed by atoms with van der Waals surface area (Å²) in [6, 6.07) is 13.1. The van der Waals surface area contributed by atoms with Crippen LogP contribution in [-0.4, -0.2) is 4.98 Å². The van der Waals surface area contributed by atoms with Gasteiger partial charge in [0.25, 0.3) is 0 Å². The van der Waals surface area contributed by atoms with E-state index in [9.17, 15) is 0 Å². The van der Waals surface area contributed by atoms with Gasteiger partial charge in [-0.1, -0.05) is 6.07 Å². The first-order chi connectivity index (χ1) is 7.43. The number of nitrogens with zero attached hydrogens (tertiary/aromatic N) is 1. The number of hydrogen-bond donors (Lipinski definition) is 0. The molecule has 2 heterocycles. The van der Waals surface area contributed by atoms with Gasteiger partial charge in [-0.2, -0.15) is 0 Å². The van der Waals surface area contributed by atoms with E-state index >= 15 is 0 Å². The maximum Gasteiger partial charge on any atom is 0.134 e. The number of rotatable bonds is 1. The lowest BCUT2D eigenvalue weighted by molar-refractivity contribution is 0.616. The van der Waals surface area contributed by atoms with Crippen molar-refractivity contribution in [3.05, 3.63) is 55.1 Å². The van der Waals surface area contributed by atoms with Crippen molar-refractivity contribution >= 4 is 11.0 Å². The normalized spacial score (nSPS) is 10.7. The van der Waals surface area contributed by atoms with Gasteiger partial charge in [-0.15, -0.1) is 0 Å². The van der Waals surface area contributed by atoms with Crippen LogP contribution in [0.5, 0.6) is 0 Å². The zero-order valence-electron chi connectivity index (χ0n) is 7.97. The zero-order chi connectivity index (χ0) is 10.1. The van der Waals surface area contributed by atoms with Gasteiger partial charge in [-0.05, 0) is 29.8 Å². The number of benzene rings is 1. The van der Waals surface area contributed by atoms with E-state index in [2.05, 4.69) is 11.1 Å². The van der Waals surface area contributed by atoms with Gasteiger partial charge in [-0.25, -0.2) is 0 Å². The summed E-state index contributed by atoms with van der Waals surface area (Å²) in [6.07, 6.45) is 5.27. The van der Waals surface area contributed by atoms with Crippen LogP contribution in [0.4, 0.5) is 0 Å². The predicted octanol–water partition coefficient (Wildman–Crippen LogP) is 3.29. The maximum atomic E-state index is 5.26. The van der Waals surface area contributed by atoms with E-state index in [0.717, 1.165) is 22.1 Å². The Kier molecular flexibility index (Phi) is 1.78. The van der Waals surface area contributed by atoms with Gasteiger partial charge in [0.15, 0.2) is 0 Å². The summed E-state index contributed by atoms with van der Waals surface area (Å²) in [7, 11) is 0. The van der Waals surface area contributed by atoms with Crippen LogP contribution in [0.3, 0.4) is 0 Å². The largest absolute Gasteiger partial charge is 0.464 e. The molecule has 1 radical (unpaired) electrons. The fourth-order valence-electron chi connectivity index (χ4n) is 1.59. The molecule has 0 amide bonds. The average Bonchev–Trinajstić information content (AvgIpc) is 2.77. The van der Waals surface area contributed by atoms with E-state index < -0.39 is 0 Å². The van der Waals surface area contributed by atoms with Crippen molar-refractivity contribution in [2.45, 2.75) is 0 Å². The molecule has 0 aliphatic carbocycles. The molecule has 0 bridgehead atoms. The molecule has 0 spiro atoms. The second-order valence-corrected chi connectivity index (χ2v) is 3.31. The minimum absolute atomic E-state index is 0.864. The third-order valence-corrected chi connectivity index (χ3v) is 2.34. The quantitative estimate of drug-likeness (QED) is 0.594. The lowest BCUT2D eigenvalue weighted by Crippen LogP contribution is -1.78. The van der Waals surface area contributed by atoms with Crippen LogP contribution in [0.2, 0.25) is 0 Å². The molecule has 0 fully saturated rings. The van der Waals surface area contributed by atoms with Gasteiger partial charge in [-0.3, -0.25) is 4.98 Å². The van der Waals surface area contributed by atoms with Crippen LogP contribution in [0.1, 0.15) is 0 Å². The summed E-state index contributed by atoms with van der Waals surface area (Å²) < 4.78 is 5.26. The Balaban J connectivity index is 2.19. The van der Waals surface area contributed by atoms with E-state index in [-0.39, 0.29) is 0 Å². The number of furan rings is 1. The predicted molar refractivity (Wildman–Crippen MR) is 58.3 cm³/mol. The minimum Gasteiger partial charge on any atom is -0.464 e. The molecule has 2 nitrogen and oxygen atoms in total. The topological polar surface area (TPSA) is 26.0 Å². The standard InChI is InChI=1S/C13H8NO/c1-2-12(9-14-6-1)10-3-4-13-11(8-10)5-7-15-13/h1-7,9H. The summed E-state index contributed by atoms with van der Waals surface area (Å²) in [5, 5.41) is 0.997. The molecule has 2 heteroatoms. The summed E-state index contributed by atoms with van der Waals surface area (Å²) in [6.45, 7) is 0. The molecule has 0 saturated heterocycles. The Bertz CT molecular complexity index is 584. The van der Waals surface area contributed by atoms with Crippen molar-refractivity contribution < 1.29 is 4.42 Å². The van der Waals surface area contributed by atoms with Crippen molar-refractivity contribution in [3.8, 4) is 11.1 Å². The number of fused-ring (bicyclic) bond motifs is 1. The highest BCUT2D eigenvalue weighted by molar-refractivity contribution is 5.82. The van der Waals surface area contributed by atoms with Gasteiger partial charge in [0.2, 0.25) is 0 Å². The molecular weight excluding hydrogens is 186 g/mol. The van der Waals surface area contributed by atoms with Crippen LogP contribution < -0.4 is 0 Å². The SMILES string of the molecule is [c]1c(-c2cccnc2)ccc2occc12. The molecular formula is C13H8NO. The third-order valence-electron chi connectivity index (χ3n) is 2.34. The van der Waals surface area contributed by atoms with Gasteiger partial charge < -0.3 is 4.42 Å². The summed E-state index contributed by atoms with van der Waals surface area (Å²) >= 11 is 0. The van der Waals surface area contributed by atoms with E-state index in [1.807, 2.05) is 36.5 Å². The fraction of sp³-hybridized carbons (Fsp3) is 0. The Morgan fingerprint density at radius 1 is 1.13 bits per heavy atom. The van der Waals surface area contributed by atoms with Crippen molar-refractivity contribution in [2.75, 3.05) is 0 Å². The summed E-state index contributed by atoms with van der Waals surface area (Å²) in [4.78, 5) is 4.09. The van der Waals surface area contributed by atoms with Crippen molar-refractivity contribution in [1.29, 1.82) is 0 Å². The molecule has 15 heavy (non-hydrogen) atoms. The zero-order valence-corrected chi connectivity index (χ0v) is 7.97. The molecule has 2 aromatic heterocycles. The van der Waals surface area contributed by atoms with E-state index in [4.69, 9.17) is 4.42 Å². The molecule has 71 valence electrons. The molecule has 3 aromatic rings. The van der Waals surface area contributed by atoms with Crippen LogP contribution in [0.15, 0.2) is 53.4 Å². The Morgan fingerprint density at radius 3 is 3.00 bits per heavy atom. The molecule has 1 aromatic carbocycles. The third kappa shape index (κ3) is 1.40. The summed E-state index contributed by atoms with van der Waals surface area (Å²) in [5.41, 5.74) is 2.97. The van der Waals surface area contributed by atoms with Crippen LogP contribution in [0, 0.1) is 6.07 Å². The number of aromatic nitrogens is 1.